The smallest absolute Gasteiger partial charge is 0.184 e. The molecule has 0 saturated carbocycles. The van der Waals surface area contributed by atoms with Crippen LogP contribution in [0.3, 0.4) is 0 Å². The topological polar surface area (TPSA) is 37.8 Å². The molecule has 0 fully saturated rings. The average Bonchev–Trinajstić information content (AvgIpc) is 2.86. The van der Waals surface area contributed by atoms with E-state index in [0.29, 0.717) is 0 Å². The van der Waals surface area contributed by atoms with E-state index in [2.05, 4.69) is 15.3 Å². The highest BCUT2D eigenvalue weighted by Gasteiger charge is 2.08. The minimum absolute atomic E-state index is 0.745. The van der Waals surface area contributed by atoms with E-state index < -0.39 is 0 Å². The van der Waals surface area contributed by atoms with Crippen molar-refractivity contribution in [2.24, 2.45) is 0 Å². The Hall–Kier alpha value is -1.65. The van der Waals surface area contributed by atoms with Gasteiger partial charge in [-0.25, -0.2) is 4.98 Å². The number of anilines is 1. The number of nitrogens with one attached hydrogen (secondary N) is 1. The summed E-state index contributed by atoms with van der Waals surface area (Å²) in [6.45, 7) is 2.74. The Bertz CT molecular complexity index is 709. The lowest BCUT2D eigenvalue weighted by atomic mass is 10.2. The van der Waals surface area contributed by atoms with Gasteiger partial charge in [0.05, 0.1) is 10.2 Å². The summed E-state index contributed by atoms with van der Waals surface area (Å²) in [5.74, 6) is 0. The van der Waals surface area contributed by atoms with Crippen molar-refractivity contribution in [1.29, 1.82) is 0 Å². The van der Waals surface area contributed by atoms with Gasteiger partial charge in [-0.1, -0.05) is 22.9 Å². The van der Waals surface area contributed by atoms with Gasteiger partial charge in [0.1, 0.15) is 0 Å². The van der Waals surface area contributed by atoms with Crippen molar-refractivity contribution in [1.82, 2.24) is 9.97 Å². The third kappa shape index (κ3) is 2.55. The van der Waals surface area contributed by atoms with Crippen LogP contribution in [0.4, 0.5) is 5.13 Å². The van der Waals surface area contributed by atoms with Gasteiger partial charge in [-0.15, -0.1) is 0 Å². The molecule has 0 aliphatic rings. The fourth-order valence-corrected chi connectivity index (χ4v) is 2.93. The van der Waals surface area contributed by atoms with E-state index in [-0.39, 0.29) is 0 Å². The number of hydrogen-bond donors (Lipinski definition) is 1. The number of pyridine rings is 1. The molecule has 1 N–H and O–H groups in total. The number of fused-ring (bicyclic) bond motifs is 1. The summed E-state index contributed by atoms with van der Waals surface area (Å²) in [4.78, 5) is 8.60. The molecule has 1 aromatic carbocycles. The van der Waals surface area contributed by atoms with E-state index in [4.69, 9.17) is 11.6 Å². The van der Waals surface area contributed by atoms with Gasteiger partial charge in [-0.3, -0.25) is 4.98 Å². The van der Waals surface area contributed by atoms with Crippen molar-refractivity contribution < 1.29 is 0 Å². The van der Waals surface area contributed by atoms with E-state index in [1.807, 2.05) is 31.2 Å². The van der Waals surface area contributed by atoms with Crippen LogP contribution in [-0.4, -0.2) is 9.97 Å². The summed E-state index contributed by atoms with van der Waals surface area (Å²) < 4.78 is 1.15. The summed E-state index contributed by atoms with van der Waals surface area (Å²) in [6.07, 6.45) is 3.58. The van der Waals surface area contributed by atoms with Gasteiger partial charge in [0, 0.05) is 24.0 Å². The molecule has 3 aromatic rings. The Balaban J connectivity index is 1.84. The van der Waals surface area contributed by atoms with Crippen molar-refractivity contribution in [3.63, 3.8) is 0 Å². The first-order chi connectivity index (χ1) is 9.24. The van der Waals surface area contributed by atoms with Crippen LogP contribution >= 0.6 is 22.9 Å². The summed E-state index contributed by atoms with van der Waals surface area (Å²) >= 11 is 7.75. The van der Waals surface area contributed by atoms with Crippen LogP contribution in [0.2, 0.25) is 5.02 Å². The maximum Gasteiger partial charge on any atom is 0.184 e. The van der Waals surface area contributed by atoms with Crippen molar-refractivity contribution in [2.45, 2.75) is 13.5 Å². The number of nitrogens with zero attached hydrogens (tertiary/aromatic N) is 2. The quantitative estimate of drug-likeness (QED) is 0.782. The summed E-state index contributed by atoms with van der Waals surface area (Å²) in [6, 6.07) is 7.91. The fourth-order valence-electron chi connectivity index (χ4n) is 1.85. The molecule has 3 nitrogen and oxygen atoms in total. The SMILES string of the molecule is Cc1c(Cl)ccc2sc(NCc3ccncc3)nc12. The molecule has 2 heterocycles. The third-order valence-corrected chi connectivity index (χ3v) is 4.33. The van der Waals surface area contributed by atoms with Crippen LogP contribution < -0.4 is 5.32 Å². The normalized spacial score (nSPS) is 10.8. The highest BCUT2D eigenvalue weighted by atomic mass is 35.5. The number of halogens is 1. The van der Waals surface area contributed by atoms with Gasteiger partial charge >= 0.3 is 0 Å². The minimum Gasteiger partial charge on any atom is -0.357 e. The number of aryl methyl sites for hydroxylation is 1. The molecule has 2 aromatic heterocycles. The summed E-state index contributed by atoms with van der Waals surface area (Å²) in [5.41, 5.74) is 3.20. The second-order valence-electron chi connectivity index (χ2n) is 4.25. The summed E-state index contributed by atoms with van der Waals surface area (Å²) in [7, 11) is 0. The molecule has 19 heavy (non-hydrogen) atoms. The first-order valence-corrected chi connectivity index (χ1v) is 7.12. The third-order valence-electron chi connectivity index (χ3n) is 2.94. The molecule has 0 amide bonds. The van der Waals surface area contributed by atoms with Crippen molar-refractivity contribution >= 4 is 38.3 Å². The molecule has 0 atom stereocenters. The number of thiazole rings is 1. The van der Waals surface area contributed by atoms with E-state index in [9.17, 15) is 0 Å². The molecular formula is C14H12ClN3S. The highest BCUT2D eigenvalue weighted by Crippen LogP contribution is 2.31. The average molecular weight is 290 g/mol. The zero-order valence-electron chi connectivity index (χ0n) is 10.4. The van der Waals surface area contributed by atoms with Gasteiger partial charge in [0.15, 0.2) is 5.13 Å². The van der Waals surface area contributed by atoms with E-state index >= 15 is 0 Å². The van der Waals surface area contributed by atoms with Crippen LogP contribution in [0.5, 0.6) is 0 Å². The van der Waals surface area contributed by atoms with Gasteiger partial charge in [-0.2, -0.15) is 0 Å². The molecule has 0 spiro atoms. The first kappa shape index (κ1) is 12.4. The molecule has 0 aliphatic heterocycles. The number of aromatic nitrogens is 2. The van der Waals surface area contributed by atoms with Gasteiger partial charge in [0.2, 0.25) is 0 Å². The molecule has 5 heteroatoms. The van der Waals surface area contributed by atoms with Gasteiger partial charge in [-0.05, 0) is 42.3 Å². The molecule has 96 valence electrons. The zero-order valence-corrected chi connectivity index (χ0v) is 11.9. The first-order valence-electron chi connectivity index (χ1n) is 5.92. The van der Waals surface area contributed by atoms with Gasteiger partial charge in [0.25, 0.3) is 0 Å². The Morgan fingerprint density at radius 3 is 2.79 bits per heavy atom. The second kappa shape index (κ2) is 5.15. The largest absolute Gasteiger partial charge is 0.357 e. The molecule has 0 aliphatic carbocycles. The molecule has 0 radical (unpaired) electrons. The summed E-state index contributed by atoms with van der Waals surface area (Å²) in [5, 5.41) is 5.01. The molecule has 0 bridgehead atoms. The Morgan fingerprint density at radius 2 is 2.00 bits per heavy atom. The van der Waals surface area contributed by atoms with E-state index in [1.165, 1.54) is 5.56 Å². The van der Waals surface area contributed by atoms with Crippen LogP contribution in [0, 0.1) is 6.92 Å². The molecule has 3 rings (SSSR count). The van der Waals surface area contributed by atoms with Crippen molar-refractivity contribution in [3.05, 3.63) is 52.8 Å². The monoisotopic (exact) mass is 289 g/mol. The predicted octanol–water partition coefficient (Wildman–Crippen LogP) is 4.27. The molecular weight excluding hydrogens is 278 g/mol. The van der Waals surface area contributed by atoms with Crippen molar-refractivity contribution in [2.75, 3.05) is 5.32 Å². The lowest BCUT2D eigenvalue weighted by molar-refractivity contribution is 1.12. The van der Waals surface area contributed by atoms with Crippen LogP contribution in [0.25, 0.3) is 10.2 Å². The number of hydrogen-bond acceptors (Lipinski definition) is 4. The zero-order chi connectivity index (χ0) is 13.2. The fraction of sp³-hybridized carbons (Fsp3) is 0.143. The maximum absolute atomic E-state index is 6.11. The van der Waals surface area contributed by atoms with Crippen molar-refractivity contribution in [3.8, 4) is 0 Å². The van der Waals surface area contributed by atoms with E-state index in [1.54, 1.807) is 23.7 Å². The molecule has 0 saturated heterocycles. The van der Waals surface area contributed by atoms with Crippen LogP contribution in [0.1, 0.15) is 11.1 Å². The lowest BCUT2D eigenvalue weighted by Gasteiger charge is -2.01. The Morgan fingerprint density at radius 1 is 1.21 bits per heavy atom. The Kier molecular flexibility index (Phi) is 3.36. The minimum atomic E-state index is 0.745. The van der Waals surface area contributed by atoms with E-state index in [0.717, 1.165) is 32.5 Å². The number of rotatable bonds is 3. The predicted molar refractivity (Wildman–Crippen MR) is 80.9 cm³/mol. The van der Waals surface area contributed by atoms with Crippen LogP contribution in [-0.2, 0) is 6.54 Å². The van der Waals surface area contributed by atoms with Gasteiger partial charge < -0.3 is 5.32 Å². The maximum atomic E-state index is 6.11. The number of benzene rings is 1. The standard InChI is InChI=1S/C14H12ClN3S/c1-9-11(15)2-3-12-13(9)18-14(19-12)17-8-10-4-6-16-7-5-10/h2-7H,8H2,1H3,(H,17,18). The Labute approximate surface area is 120 Å². The van der Waals surface area contributed by atoms with Crippen LogP contribution in [0.15, 0.2) is 36.7 Å². The second-order valence-corrected chi connectivity index (χ2v) is 5.69. The lowest BCUT2D eigenvalue weighted by Crippen LogP contribution is -1.98. The molecule has 0 unspecified atom stereocenters. The highest BCUT2D eigenvalue weighted by molar-refractivity contribution is 7.22.